The number of piperazine rings is 1. The minimum absolute atomic E-state index is 0. The van der Waals surface area contributed by atoms with Crippen molar-refractivity contribution in [1.29, 1.82) is 0 Å². The zero-order valence-corrected chi connectivity index (χ0v) is 16.1. The summed E-state index contributed by atoms with van der Waals surface area (Å²) in [7, 11) is 1.97. The highest BCUT2D eigenvalue weighted by Crippen LogP contribution is 2.24. The molecular weight excluding hydrogens is 400 g/mol. The van der Waals surface area contributed by atoms with E-state index < -0.39 is 0 Å². The summed E-state index contributed by atoms with van der Waals surface area (Å²) in [5.41, 5.74) is 0. The van der Waals surface area contributed by atoms with Crippen LogP contribution in [0.1, 0.15) is 23.2 Å². The van der Waals surface area contributed by atoms with Gasteiger partial charge in [0.1, 0.15) is 11.9 Å². The van der Waals surface area contributed by atoms with Gasteiger partial charge in [0.25, 0.3) is 0 Å². The van der Waals surface area contributed by atoms with Crippen LogP contribution in [0.15, 0.2) is 28.3 Å². The molecule has 1 atom stereocenters. The molecule has 1 unspecified atom stereocenters. The molecule has 3 rings (SSSR count). The molecule has 5 nitrogen and oxygen atoms in total. The van der Waals surface area contributed by atoms with Crippen LogP contribution in [-0.4, -0.2) is 40.0 Å². The lowest BCUT2D eigenvalue weighted by atomic mass is 10.1. The van der Waals surface area contributed by atoms with Crippen LogP contribution >= 0.6 is 39.7 Å². The van der Waals surface area contributed by atoms with Crippen molar-refractivity contribution in [2.24, 2.45) is 7.05 Å². The van der Waals surface area contributed by atoms with Gasteiger partial charge in [-0.25, -0.2) is 4.98 Å². The number of rotatable bonds is 4. The van der Waals surface area contributed by atoms with Crippen LogP contribution in [0.25, 0.3) is 0 Å². The fourth-order valence-electron chi connectivity index (χ4n) is 2.79. The molecule has 0 aliphatic carbocycles. The minimum Gasteiger partial charge on any atom is -0.336 e. The van der Waals surface area contributed by atoms with Crippen LogP contribution in [0.5, 0.6) is 0 Å². The monoisotopic (exact) mass is 418 g/mol. The number of aryl methyl sites for hydroxylation is 2. The number of halogens is 2. The molecule has 2 aromatic heterocycles. The van der Waals surface area contributed by atoms with E-state index in [1.165, 1.54) is 4.88 Å². The number of nitrogens with one attached hydrogen (secondary N) is 1. The Kier molecular flexibility index (Phi) is 6.64. The number of hydrogen-bond donors (Lipinski definition) is 1. The number of nitrogens with zero attached hydrogens (tertiary/aromatic N) is 3. The Labute approximate surface area is 154 Å². The summed E-state index contributed by atoms with van der Waals surface area (Å²) in [6.45, 7) is 2.35. The van der Waals surface area contributed by atoms with Crippen LogP contribution in [0, 0.1) is 0 Å². The van der Waals surface area contributed by atoms with Gasteiger partial charge in [0.15, 0.2) is 0 Å². The molecule has 1 aliphatic heterocycles. The quantitative estimate of drug-likeness (QED) is 0.829. The molecule has 0 radical (unpaired) electrons. The highest BCUT2D eigenvalue weighted by Gasteiger charge is 2.29. The summed E-state index contributed by atoms with van der Waals surface area (Å²) < 4.78 is 3.09. The van der Waals surface area contributed by atoms with E-state index in [0.717, 1.165) is 36.4 Å². The zero-order valence-electron chi connectivity index (χ0n) is 12.9. The number of amides is 1. The van der Waals surface area contributed by atoms with Gasteiger partial charge in [0, 0.05) is 60.2 Å². The minimum atomic E-state index is 0. The van der Waals surface area contributed by atoms with Gasteiger partial charge in [-0.1, -0.05) is 0 Å². The number of hydrogen-bond acceptors (Lipinski definition) is 4. The lowest BCUT2D eigenvalue weighted by Crippen LogP contribution is -2.49. The molecule has 1 amide bonds. The topological polar surface area (TPSA) is 50.2 Å². The molecule has 0 aromatic carbocycles. The molecule has 2 aromatic rings. The Morgan fingerprint density at radius 2 is 2.39 bits per heavy atom. The standard InChI is InChI=1S/C15H19BrN4OS.ClH/c1-19-6-5-18-15(19)13-9-17-4-7-20(13)14(21)3-2-12-8-11(16)10-22-12;/h5-6,8,10,13,17H,2-4,7,9H2,1H3;1H. The Morgan fingerprint density at radius 1 is 1.57 bits per heavy atom. The molecule has 1 saturated heterocycles. The Hall–Kier alpha value is -0.890. The zero-order chi connectivity index (χ0) is 15.5. The third-order valence-electron chi connectivity index (χ3n) is 3.93. The van der Waals surface area contributed by atoms with Crippen molar-refractivity contribution >= 4 is 45.6 Å². The lowest BCUT2D eigenvalue weighted by molar-refractivity contribution is -0.134. The predicted molar refractivity (Wildman–Crippen MR) is 98.1 cm³/mol. The summed E-state index contributed by atoms with van der Waals surface area (Å²) in [5.74, 6) is 1.15. The van der Waals surface area contributed by atoms with E-state index in [4.69, 9.17) is 0 Å². The molecule has 3 heterocycles. The lowest BCUT2D eigenvalue weighted by Gasteiger charge is -2.35. The maximum atomic E-state index is 12.6. The Balaban J connectivity index is 0.00000192. The number of imidazole rings is 1. The van der Waals surface area contributed by atoms with Gasteiger partial charge in [-0.2, -0.15) is 0 Å². The second kappa shape index (κ2) is 8.28. The van der Waals surface area contributed by atoms with E-state index in [1.807, 2.05) is 22.7 Å². The van der Waals surface area contributed by atoms with Crippen molar-refractivity contribution in [2.75, 3.05) is 19.6 Å². The second-order valence-corrected chi connectivity index (χ2v) is 7.35. The van der Waals surface area contributed by atoms with Gasteiger partial charge in [-0.15, -0.1) is 23.7 Å². The van der Waals surface area contributed by atoms with Gasteiger partial charge >= 0.3 is 0 Å². The molecular formula is C15H20BrClN4OS. The summed E-state index contributed by atoms with van der Waals surface area (Å²) >= 11 is 5.15. The number of carbonyl (C=O) groups is 1. The van der Waals surface area contributed by atoms with Gasteiger partial charge in [-0.3, -0.25) is 4.79 Å². The van der Waals surface area contributed by atoms with Gasteiger partial charge in [-0.05, 0) is 28.4 Å². The first-order valence-electron chi connectivity index (χ1n) is 7.35. The summed E-state index contributed by atoms with van der Waals surface area (Å²) in [6.07, 6.45) is 5.06. The molecule has 1 fully saturated rings. The van der Waals surface area contributed by atoms with Crippen molar-refractivity contribution in [3.05, 3.63) is 39.0 Å². The summed E-state index contributed by atoms with van der Waals surface area (Å²) in [4.78, 5) is 20.3. The van der Waals surface area contributed by atoms with Crippen LogP contribution < -0.4 is 5.32 Å². The first-order chi connectivity index (χ1) is 10.6. The molecule has 0 bridgehead atoms. The number of carbonyl (C=O) groups excluding carboxylic acids is 1. The number of thiophene rings is 1. The van der Waals surface area contributed by atoms with E-state index in [0.29, 0.717) is 6.42 Å². The molecule has 126 valence electrons. The van der Waals surface area contributed by atoms with Crippen molar-refractivity contribution in [2.45, 2.75) is 18.9 Å². The maximum Gasteiger partial charge on any atom is 0.223 e. The van der Waals surface area contributed by atoms with Crippen molar-refractivity contribution in [3.8, 4) is 0 Å². The average Bonchev–Trinajstić information content (AvgIpc) is 3.13. The highest BCUT2D eigenvalue weighted by molar-refractivity contribution is 9.10. The van der Waals surface area contributed by atoms with Crippen molar-refractivity contribution < 1.29 is 4.79 Å². The van der Waals surface area contributed by atoms with Crippen molar-refractivity contribution in [1.82, 2.24) is 19.8 Å². The highest BCUT2D eigenvalue weighted by atomic mass is 79.9. The summed E-state index contributed by atoms with van der Waals surface area (Å²) in [5, 5.41) is 5.42. The van der Waals surface area contributed by atoms with E-state index in [2.05, 4.69) is 37.7 Å². The van der Waals surface area contributed by atoms with E-state index in [1.54, 1.807) is 17.5 Å². The van der Waals surface area contributed by atoms with Crippen LogP contribution in [0.2, 0.25) is 0 Å². The molecule has 8 heteroatoms. The Bertz CT molecular complexity index is 659. The maximum absolute atomic E-state index is 12.6. The van der Waals surface area contributed by atoms with Crippen LogP contribution in [-0.2, 0) is 18.3 Å². The molecule has 1 N–H and O–H groups in total. The third kappa shape index (κ3) is 4.35. The molecule has 0 spiro atoms. The summed E-state index contributed by atoms with van der Waals surface area (Å²) in [6, 6.07) is 2.11. The fraction of sp³-hybridized carbons (Fsp3) is 0.467. The van der Waals surface area contributed by atoms with Gasteiger partial charge < -0.3 is 14.8 Å². The Morgan fingerprint density at radius 3 is 3.04 bits per heavy atom. The first kappa shape index (κ1) is 18.4. The predicted octanol–water partition coefficient (Wildman–Crippen LogP) is 2.77. The van der Waals surface area contributed by atoms with E-state index in [9.17, 15) is 4.79 Å². The fourth-order valence-corrected chi connectivity index (χ4v) is 4.25. The number of aromatic nitrogens is 2. The normalized spacial score (nSPS) is 17.8. The van der Waals surface area contributed by atoms with E-state index in [-0.39, 0.29) is 24.4 Å². The molecule has 23 heavy (non-hydrogen) atoms. The average molecular weight is 420 g/mol. The first-order valence-corrected chi connectivity index (χ1v) is 9.02. The third-order valence-corrected chi connectivity index (χ3v) is 5.68. The molecule has 1 aliphatic rings. The SMILES string of the molecule is Cl.Cn1ccnc1C1CNCCN1C(=O)CCc1cc(Br)cs1. The largest absolute Gasteiger partial charge is 0.336 e. The van der Waals surface area contributed by atoms with Crippen LogP contribution in [0.4, 0.5) is 0 Å². The van der Waals surface area contributed by atoms with Crippen molar-refractivity contribution in [3.63, 3.8) is 0 Å². The van der Waals surface area contributed by atoms with Gasteiger partial charge in [0.2, 0.25) is 5.91 Å². The van der Waals surface area contributed by atoms with Gasteiger partial charge in [0.05, 0.1) is 0 Å². The molecule has 0 saturated carbocycles. The van der Waals surface area contributed by atoms with E-state index >= 15 is 0 Å². The van der Waals surface area contributed by atoms with Crippen LogP contribution in [0.3, 0.4) is 0 Å². The second-order valence-electron chi connectivity index (χ2n) is 5.43. The smallest absolute Gasteiger partial charge is 0.223 e.